The van der Waals surface area contributed by atoms with Gasteiger partial charge in [0.25, 0.3) is 0 Å². The molecule has 0 saturated heterocycles. The van der Waals surface area contributed by atoms with Crippen LogP contribution in [0.3, 0.4) is 0 Å². The van der Waals surface area contributed by atoms with Gasteiger partial charge in [-0.25, -0.2) is 4.79 Å². The molecule has 140 valence electrons. The molecule has 0 radical (unpaired) electrons. The van der Waals surface area contributed by atoms with E-state index in [1.165, 1.54) is 0 Å². The van der Waals surface area contributed by atoms with Crippen LogP contribution >= 0.6 is 35.0 Å². The lowest BCUT2D eigenvalue weighted by molar-refractivity contribution is -0.141. The van der Waals surface area contributed by atoms with E-state index in [0.29, 0.717) is 37.0 Å². The molecular weight excluding hydrogens is 383 g/mol. The molecule has 5 nitrogen and oxygen atoms in total. The number of benzene rings is 1. The first-order valence-corrected chi connectivity index (χ1v) is 10.4. The van der Waals surface area contributed by atoms with Gasteiger partial charge in [0, 0.05) is 30.5 Å². The maximum absolute atomic E-state index is 12.1. The zero-order valence-electron chi connectivity index (χ0n) is 14.2. The fourth-order valence-electron chi connectivity index (χ4n) is 2.32. The SMILES string of the molecule is CSCCC(NC(=O)Cc1ccc(N(CCCl)CCCl)cc1)C(=O)O. The van der Waals surface area contributed by atoms with E-state index < -0.39 is 12.0 Å². The molecule has 0 fully saturated rings. The Morgan fingerprint density at radius 2 is 1.80 bits per heavy atom. The van der Waals surface area contributed by atoms with E-state index in [1.807, 2.05) is 30.5 Å². The van der Waals surface area contributed by atoms with Crippen molar-refractivity contribution in [1.82, 2.24) is 5.32 Å². The van der Waals surface area contributed by atoms with Gasteiger partial charge in [-0.05, 0) is 36.1 Å². The number of carbonyl (C=O) groups is 2. The number of carboxylic acids is 1. The quantitative estimate of drug-likeness (QED) is 0.522. The normalized spacial score (nSPS) is 11.8. The number of carbonyl (C=O) groups excluding carboxylic acids is 1. The number of nitrogens with one attached hydrogen (secondary N) is 1. The van der Waals surface area contributed by atoms with Crippen LogP contribution in [-0.4, -0.2) is 59.9 Å². The molecule has 0 aliphatic carbocycles. The highest BCUT2D eigenvalue weighted by atomic mass is 35.5. The van der Waals surface area contributed by atoms with Gasteiger partial charge in [-0.1, -0.05) is 12.1 Å². The lowest BCUT2D eigenvalue weighted by Crippen LogP contribution is -2.41. The standard InChI is InChI=1S/C17H24Cl2N2O3S/c1-25-11-6-15(17(23)24)20-16(22)12-13-2-4-14(5-3-13)21(9-7-18)10-8-19/h2-5,15H,6-12H2,1H3,(H,20,22)(H,23,24). The molecule has 0 bridgehead atoms. The van der Waals surface area contributed by atoms with Crippen LogP contribution in [0.4, 0.5) is 5.69 Å². The van der Waals surface area contributed by atoms with Crippen molar-refractivity contribution in [2.75, 3.05) is 41.8 Å². The summed E-state index contributed by atoms with van der Waals surface area (Å²) in [5.74, 6) is 0.403. The molecule has 1 atom stereocenters. The number of aliphatic carboxylic acids is 1. The Labute approximate surface area is 163 Å². The summed E-state index contributed by atoms with van der Waals surface area (Å²) in [5, 5.41) is 11.7. The molecule has 25 heavy (non-hydrogen) atoms. The van der Waals surface area contributed by atoms with Crippen molar-refractivity contribution < 1.29 is 14.7 Å². The number of thioether (sulfide) groups is 1. The van der Waals surface area contributed by atoms with E-state index in [4.69, 9.17) is 28.3 Å². The van der Waals surface area contributed by atoms with E-state index >= 15 is 0 Å². The Bertz CT molecular complexity index is 537. The second-order valence-corrected chi connectivity index (χ2v) is 7.19. The molecule has 8 heteroatoms. The van der Waals surface area contributed by atoms with Crippen molar-refractivity contribution in [3.63, 3.8) is 0 Å². The molecular formula is C17H24Cl2N2O3S. The van der Waals surface area contributed by atoms with Crippen LogP contribution in [0, 0.1) is 0 Å². The summed E-state index contributed by atoms with van der Waals surface area (Å²) < 4.78 is 0. The molecule has 1 unspecified atom stereocenters. The Morgan fingerprint density at radius 3 is 2.28 bits per heavy atom. The van der Waals surface area contributed by atoms with Crippen LogP contribution in [-0.2, 0) is 16.0 Å². The van der Waals surface area contributed by atoms with Gasteiger partial charge in [0.15, 0.2) is 0 Å². The summed E-state index contributed by atoms with van der Waals surface area (Å²) in [6, 6.07) is 6.72. The average molecular weight is 407 g/mol. The van der Waals surface area contributed by atoms with E-state index in [0.717, 1.165) is 11.3 Å². The number of hydrogen-bond donors (Lipinski definition) is 2. The van der Waals surface area contributed by atoms with Crippen molar-refractivity contribution in [3.8, 4) is 0 Å². The summed E-state index contributed by atoms with van der Waals surface area (Å²) in [4.78, 5) is 25.3. The summed E-state index contributed by atoms with van der Waals surface area (Å²) in [5.41, 5.74) is 1.82. The number of rotatable bonds is 12. The molecule has 0 saturated carbocycles. The van der Waals surface area contributed by atoms with E-state index in [-0.39, 0.29) is 12.3 Å². The zero-order chi connectivity index (χ0) is 18.7. The average Bonchev–Trinajstić information content (AvgIpc) is 2.59. The molecule has 0 aliphatic heterocycles. The van der Waals surface area contributed by atoms with Gasteiger partial charge in [0.1, 0.15) is 6.04 Å². The van der Waals surface area contributed by atoms with Crippen LogP contribution in [0.1, 0.15) is 12.0 Å². The maximum Gasteiger partial charge on any atom is 0.326 e. The number of carboxylic acid groups (broad SMARTS) is 1. The maximum atomic E-state index is 12.1. The molecule has 0 aromatic heterocycles. The number of hydrogen-bond acceptors (Lipinski definition) is 4. The van der Waals surface area contributed by atoms with E-state index in [1.54, 1.807) is 11.8 Å². The molecule has 0 spiro atoms. The Hall–Kier alpha value is -1.11. The number of nitrogens with zero attached hydrogens (tertiary/aromatic N) is 1. The van der Waals surface area contributed by atoms with Gasteiger partial charge in [-0.15, -0.1) is 23.2 Å². The first-order valence-electron chi connectivity index (χ1n) is 7.98. The Balaban J connectivity index is 2.63. The topological polar surface area (TPSA) is 69.6 Å². The van der Waals surface area contributed by atoms with Gasteiger partial charge in [-0.2, -0.15) is 11.8 Å². The van der Waals surface area contributed by atoms with Crippen molar-refractivity contribution in [2.45, 2.75) is 18.9 Å². The van der Waals surface area contributed by atoms with Crippen LogP contribution in [0.15, 0.2) is 24.3 Å². The lowest BCUT2D eigenvalue weighted by atomic mass is 10.1. The molecule has 1 rings (SSSR count). The number of amides is 1. The Kier molecular flexibility index (Phi) is 10.8. The number of halogens is 2. The second kappa shape index (κ2) is 12.3. The smallest absolute Gasteiger partial charge is 0.326 e. The fourth-order valence-corrected chi connectivity index (χ4v) is 3.20. The van der Waals surface area contributed by atoms with Crippen LogP contribution < -0.4 is 10.2 Å². The first-order chi connectivity index (χ1) is 12.0. The molecule has 1 aromatic carbocycles. The third-order valence-corrected chi connectivity index (χ3v) is 4.60. The minimum atomic E-state index is -1.00. The lowest BCUT2D eigenvalue weighted by Gasteiger charge is -2.23. The van der Waals surface area contributed by atoms with Crippen molar-refractivity contribution in [1.29, 1.82) is 0 Å². The molecule has 0 heterocycles. The number of alkyl halides is 2. The Morgan fingerprint density at radius 1 is 1.20 bits per heavy atom. The van der Waals surface area contributed by atoms with E-state index in [9.17, 15) is 9.59 Å². The highest BCUT2D eigenvalue weighted by Crippen LogP contribution is 2.16. The van der Waals surface area contributed by atoms with Gasteiger partial charge in [0.05, 0.1) is 6.42 Å². The third-order valence-electron chi connectivity index (χ3n) is 3.62. The molecule has 0 aliphatic rings. The molecule has 1 amide bonds. The summed E-state index contributed by atoms with van der Waals surface area (Å²) in [6.45, 7) is 1.40. The highest BCUT2D eigenvalue weighted by Gasteiger charge is 2.19. The van der Waals surface area contributed by atoms with Crippen LogP contribution in [0.2, 0.25) is 0 Å². The van der Waals surface area contributed by atoms with Gasteiger partial charge < -0.3 is 15.3 Å². The third kappa shape index (κ3) is 8.21. The summed E-state index contributed by atoms with van der Waals surface area (Å²) in [7, 11) is 0. The van der Waals surface area contributed by atoms with Gasteiger partial charge >= 0.3 is 5.97 Å². The van der Waals surface area contributed by atoms with Crippen LogP contribution in [0.25, 0.3) is 0 Å². The van der Waals surface area contributed by atoms with E-state index in [2.05, 4.69) is 10.2 Å². The highest BCUT2D eigenvalue weighted by molar-refractivity contribution is 7.98. The summed E-state index contributed by atoms with van der Waals surface area (Å²) >= 11 is 13.2. The van der Waals surface area contributed by atoms with Gasteiger partial charge in [0.2, 0.25) is 5.91 Å². The first kappa shape index (κ1) is 21.9. The van der Waals surface area contributed by atoms with Crippen molar-refractivity contribution in [3.05, 3.63) is 29.8 Å². The zero-order valence-corrected chi connectivity index (χ0v) is 16.5. The molecule has 1 aromatic rings. The monoisotopic (exact) mass is 406 g/mol. The number of anilines is 1. The fraction of sp³-hybridized carbons (Fsp3) is 0.529. The summed E-state index contributed by atoms with van der Waals surface area (Å²) in [6.07, 6.45) is 2.46. The second-order valence-electron chi connectivity index (χ2n) is 5.45. The van der Waals surface area contributed by atoms with Crippen molar-refractivity contribution >= 4 is 52.5 Å². The largest absolute Gasteiger partial charge is 0.480 e. The molecule has 2 N–H and O–H groups in total. The van der Waals surface area contributed by atoms with Gasteiger partial charge in [-0.3, -0.25) is 4.79 Å². The predicted molar refractivity (Wildman–Crippen MR) is 106 cm³/mol. The van der Waals surface area contributed by atoms with Crippen LogP contribution in [0.5, 0.6) is 0 Å². The predicted octanol–water partition coefficient (Wildman–Crippen LogP) is 2.84. The minimum Gasteiger partial charge on any atom is -0.480 e. The minimum absolute atomic E-state index is 0.147. The van der Waals surface area contributed by atoms with Crippen molar-refractivity contribution in [2.24, 2.45) is 0 Å².